The van der Waals surface area contributed by atoms with E-state index in [0.717, 1.165) is 5.56 Å². The summed E-state index contributed by atoms with van der Waals surface area (Å²) in [5, 5.41) is 2.00. The highest BCUT2D eigenvalue weighted by molar-refractivity contribution is 7.13. The van der Waals surface area contributed by atoms with Gasteiger partial charge in [-0.05, 0) is 17.7 Å². The van der Waals surface area contributed by atoms with Gasteiger partial charge in [-0.15, -0.1) is 11.3 Å². The second-order valence-corrected chi connectivity index (χ2v) is 5.18. The van der Waals surface area contributed by atoms with Crippen molar-refractivity contribution in [3.05, 3.63) is 46.5 Å². The Bertz CT molecular complexity index is 636. The highest BCUT2D eigenvalue weighted by Gasteiger charge is 2.15. The highest BCUT2D eigenvalue weighted by Crippen LogP contribution is 2.14. The maximum Gasteiger partial charge on any atom is 0.273 e. The van der Waals surface area contributed by atoms with Crippen molar-refractivity contribution in [2.75, 3.05) is 12.8 Å². The van der Waals surface area contributed by atoms with Gasteiger partial charge in [0.2, 0.25) is 5.91 Å². The number of carbonyl (C=O) groups excluding carboxylic acids is 2. The number of carbonyl (C=O) groups is 2. The summed E-state index contributed by atoms with van der Waals surface area (Å²) in [5.41, 5.74) is 12.4. The van der Waals surface area contributed by atoms with Crippen molar-refractivity contribution in [2.24, 2.45) is 5.73 Å². The zero-order valence-electron chi connectivity index (χ0n) is 10.9. The second kappa shape index (κ2) is 5.70. The Morgan fingerprint density at radius 3 is 2.45 bits per heavy atom. The Labute approximate surface area is 120 Å². The molecule has 2 rings (SSSR count). The van der Waals surface area contributed by atoms with Crippen molar-refractivity contribution in [2.45, 2.75) is 6.54 Å². The van der Waals surface area contributed by atoms with Crippen LogP contribution in [0.4, 0.5) is 5.13 Å². The van der Waals surface area contributed by atoms with Crippen LogP contribution in [0.3, 0.4) is 0 Å². The van der Waals surface area contributed by atoms with Crippen LogP contribution in [0.15, 0.2) is 29.6 Å². The highest BCUT2D eigenvalue weighted by atomic mass is 32.1. The number of thiazole rings is 1. The molecule has 0 atom stereocenters. The topological polar surface area (TPSA) is 102 Å². The number of nitrogens with two attached hydrogens (primary N) is 2. The van der Waals surface area contributed by atoms with E-state index in [1.165, 1.54) is 16.2 Å². The Morgan fingerprint density at radius 1 is 1.30 bits per heavy atom. The average molecular weight is 290 g/mol. The maximum atomic E-state index is 12.1. The number of aromatic nitrogens is 1. The molecule has 0 aliphatic heterocycles. The van der Waals surface area contributed by atoms with Gasteiger partial charge in [-0.1, -0.05) is 12.1 Å². The summed E-state index contributed by atoms with van der Waals surface area (Å²) in [7, 11) is 1.68. The first kappa shape index (κ1) is 14.0. The summed E-state index contributed by atoms with van der Waals surface area (Å²) in [6.45, 7) is 0.412. The Balaban J connectivity index is 2.05. The van der Waals surface area contributed by atoms with E-state index in [-0.39, 0.29) is 5.91 Å². The average Bonchev–Trinajstić information content (AvgIpc) is 2.85. The molecule has 0 radical (unpaired) electrons. The number of benzene rings is 1. The summed E-state index contributed by atoms with van der Waals surface area (Å²) in [6, 6.07) is 6.80. The SMILES string of the molecule is CN(Cc1ccc(C(N)=O)cc1)C(=O)c1csc(N)n1. The van der Waals surface area contributed by atoms with Gasteiger partial charge in [-0.2, -0.15) is 0 Å². The van der Waals surface area contributed by atoms with Gasteiger partial charge < -0.3 is 16.4 Å². The number of hydrogen-bond acceptors (Lipinski definition) is 5. The standard InChI is InChI=1S/C13H14N4O2S/c1-17(12(19)10-7-20-13(15)16-10)6-8-2-4-9(5-3-8)11(14)18/h2-5,7H,6H2,1H3,(H2,14,18)(H2,15,16). The lowest BCUT2D eigenvalue weighted by Crippen LogP contribution is -2.26. The van der Waals surface area contributed by atoms with Crippen LogP contribution < -0.4 is 11.5 Å². The van der Waals surface area contributed by atoms with Crippen molar-refractivity contribution < 1.29 is 9.59 Å². The van der Waals surface area contributed by atoms with Crippen LogP contribution in [0.5, 0.6) is 0 Å². The van der Waals surface area contributed by atoms with Crippen molar-refractivity contribution in [1.29, 1.82) is 0 Å². The number of nitrogens with zero attached hydrogens (tertiary/aromatic N) is 2. The van der Waals surface area contributed by atoms with Gasteiger partial charge in [0.25, 0.3) is 5.91 Å². The third-order valence-electron chi connectivity index (χ3n) is 2.75. The van der Waals surface area contributed by atoms with Gasteiger partial charge in [0, 0.05) is 24.5 Å². The molecule has 2 amide bonds. The van der Waals surface area contributed by atoms with Crippen LogP contribution in [0.25, 0.3) is 0 Å². The van der Waals surface area contributed by atoms with E-state index in [0.29, 0.717) is 22.9 Å². The normalized spacial score (nSPS) is 10.2. The molecule has 104 valence electrons. The van der Waals surface area contributed by atoms with Gasteiger partial charge in [0.15, 0.2) is 5.13 Å². The minimum absolute atomic E-state index is 0.197. The summed E-state index contributed by atoms with van der Waals surface area (Å²) in [5.74, 6) is -0.671. The molecule has 7 heteroatoms. The van der Waals surface area contributed by atoms with E-state index in [1.807, 2.05) is 0 Å². The number of nitrogen functional groups attached to an aromatic ring is 1. The molecule has 0 spiro atoms. The van der Waals surface area contributed by atoms with Crippen molar-refractivity contribution in [3.63, 3.8) is 0 Å². The van der Waals surface area contributed by atoms with E-state index in [9.17, 15) is 9.59 Å². The Kier molecular flexibility index (Phi) is 3.99. The predicted octanol–water partition coefficient (Wildman–Crippen LogP) is 1.10. The molecule has 1 heterocycles. The fourth-order valence-corrected chi connectivity index (χ4v) is 2.24. The molecule has 0 unspecified atom stereocenters. The van der Waals surface area contributed by atoms with Gasteiger partial charge in [0.1, 0.15) is 5.69 Å². The van der Waals surface area contributed by atoms with E-state index in [4.69, 9.17) is 11.5 Å². The molecule has 0 aliphatic rings. The summed E-state index contributed by atoms with van der Waals surface area (Å²) in [4.78, 5) is 28.5. The van der Waals surface area contributed by atoms with Crippen LogP contribution in [0, 0.1) is 0 Å². The first-order valence-corrected chi connectivity index (χ1v) is 6.70. The molecule has 20 heavy (non-hydrogen) atoms. The fraction of sp³-hybridized carbons (Fsp3) is 0.154. The molecule has 0 fully saturated rings. The van der Waals surface area contributed by atoms with Crippen LogP contribution in [-0.4, -0.2) is 28.7 Å². The van der Waals surface area contributed by atoms with E-state index < -0.39 is 5.91 Å². The summed E-state index contributed by atoms with van der Waals surface area (Å²) < 4.78 is 0. The van der Waals surface area contributed by atoms with Crippen LogP contribution in [-0.2, 0) is 6.54 Å². The van der Waals surface area contributed by atoms with E-state index in [2.05, 4.69) is 4.98 Å². The van der Waals surface area contributed by atoms with Crippen molar-refractivity contribution in [3.8, 4) is 0 Å². The molecular weight excluding hydrogens is 276 g/mol. The minimum atomic E-state index is -0.473. The number of anilines is 1. The first-order valence-electron chi connectivity index (χ1n) is 5.82. The van der Waals surface area contributed by atoms with Crippen LogP contribution >= 0.6 is 11.3 Å². The molecular formula is C13H14N4O2S. The van der Waals surface area contributed by atoms with Gasteiger partial charge in [-0.3, -0.25) is 9.59 Å². The minimum Gasteiger partial charge on any atom is -0.375 e. The molecule has 1 aromatic carbocycles. The van der Waals surface area contributed by atoms with Crippen molar-refractivity contribution in [1.82, 2.24) is 9.88 Å². The third-order valence-corrected chi connectivity index (χ3v) is 3.42. The molecule has 1 aromatic heterocycles. The van der Waals surface area contributed by atoms with Crippen LogP contribution in [0.1, 0.15) is 26.4 Å². The summed E-state index contributed by atoms with van der Waals surface area (Å²) >= 11 is 1.23. The number of primary amides is 1. The molecule has 0 aliphatic carbocycles. The van der Waals surface area contributed by atoms with E-state index >= 15 is 0 Å². The van der Waals surface area contributed by atoms with Gasteiger partial charge >= 0.3 is 0 Å². The number of amides is 2. The molecule has 0 bridgehead atoms. The Morgan fingerprint density at radius 2 is 1.95 bits per heavy atom. The molecule has 6 nitrogen and oxygen atoms in total. The lowest BCUT2D eigenvalue weighted by Gasteiger charge is -2.16. The van der Waals surface area contributed by atoms with Crippen LogP contribution in [0.2, 0.25) is 0 Å². The van der Waals surface area contributed by atoms with Gasteiger partial charge in [-0.25, -0.2) is 4.98 Å². The monoisotopic (exact) mass is 290 g/mol. The largest absolute Gasteiger partial charge is 0.375 e. The quantitative estimate of drug-likeness (QED) is 0.880. The first-order chi connectivity index (χ1) is 9.47. The summed E-state index contributed by atoms with van der Waals surface area (Å²) in [6.07, 6.45) is 0. The molecule has 4 N–H and O–H groups in total. The van der Waals surface area contributed by atoms with E-state index in [1.54, 1.807) is 36.7 Å². The smallest absolute Gasteiger partial charge is 0.273 e. The molecule has 0 saturated heterocycles. The molecule has 2 aromatic rings. The number of rotatable bonds is 4. The lowest BCUT2D eigenvalue weighted by molar-refractivity contribution is 0.0780. The zero-order chi connectivity index (χ0) is 14.7. The predicted molar refractivity (Wildman–Crippen MR) is 77.3 cm³/mol. The maximum absolute atomic E-state index is 12.1. The second-order valence-electron chi connectivity index (χ2n) is 4.29. The number of hydrogen-bond donors (Lipinski definition) is 2. The van der Waals surface area contributed by atoms with Crippen molar-refractivity contribution >= 4 is 28.3 Å². The zero-order valence-corrected chi connectivity index (χ0v) is 11.7. The Hall–Kier alpha value is -2.41. The third kappa shape index (κ3) is 3.12. The van der Waals surface area contributed by atoms with Gasteiger partial charge in [0.05, 0.1) is 0 Å². The lowest BCUT2D eigenvalue weighted by atomic mass is 10.1. The molecule has 0 saturated carbocycles. The fourth-order valence-electron chi connectivity index (χ4n) is 1.70.